The van der Waals surface area contributed by atoms with E-state index in [2.05, 4.69) is 31.2 Å². The molecule has 2 heteroatoms. The Hall–Kier alpha value is -0.860. The molecule has 0 aromatic heterocycles. The van der Waals surface area contributed by atoms with Crippen molar-refractivity contribution < 1.29 is 9.47 Å². The minimum atomic E-state index is 0.483. The normalized spacial score (nSPS) is 30.3. The summed E-state index contributed by atoms with van der Waals surface area (Å²) < 4.78 is 11.6. The van der Waals surface area contributed by atoms with Gasteiger partial charge in [-0.25, -0.2) is 0 Å². The second kappa shape index (κ2) is 9.73. The molecule has 3 rings (SSSR count). The van der Waals surface area contributed by atoms with E-state index in [9.17, 15) is 0 Å². The fourth-order valence-corrected chi connectivity index (χ4v) is 4.64. The van der Waals surface area contributed by atoms with E-state index in [1.165, 1.54) is 68.9 Å². The van der Waals surface area contributed by atoms with Gasteiger partial charge in [-0.2, -0.15) is 0 Å². The molecule has 0 N–H and O–H groups in total. The maximum absolute atomic E-state index is 6.09. The third-order valence-corrected chi connectivity index (χ3v) is 6.38. The highest BCUT2D eigenvalue weighted by molar-refractivity contribution is 5.26. The Morgan fingerprint density at radius 3 is 2.32 bits per heavy atom. The van der Waals surface area contributed by atoms with Crippen LogP contribution in [0.4, 0.5) is 0 Å². The minimum absolute atomic E-state index is 0.483. The van der Waals surface area contributed by atoms with Crippen molar-refractivity contribution >= 4 is 0 Å². The molecule has 1 heterocycles. The van der Waals surface area contributed by atoms with E-state index in [0.717, 1.165) is 24.9 Å². The number of rotatable bonds is 7. The van der Waals surface area contributed by atoms with Crippen LogP contribution >= 0.6 is 0 Å². The Morgan fingerprint density at radius 2 is 1.72 bits per heavy atom. The largest absolute Gasteiger partial charge is 0.381 e. The summed E-state index contributed by atoms with van der Waals surface area (Å²) in [5, 5.41) is 0. The van der Waals surface area contributed by atoms with Crippen LogP contribution in [0.3, 0.4) is 0 Å². The minimum Gasteiger partial charge on any atom is -0.381 e. The molecular weight excluding hydrogens is 308 g/mol. The number of hydrogen-bond acceptors (Lipinski definition) is 2. The fourth-order valence-electron chi connectivity index (χ4n) is 4.64. The van der Waals surface area contributed by atoms with Gasteiger partial charge in [-0.05, 0) is 80.8 Å². The maximum atomic E-state index is 6.09. The molecule has 140 valence electrons. The monoisotopic (exact) mass is 344 g/mol. The molecule has 1 aliphatic heterocycles. The molecule has 1 saturated heterocycles. The molecule has 2 nitrogen and oxygen atoms in total. The van der Waals surface area contributed by atoms with Gasteiger partial charge in [0.1, 0.15) is 0 Å². The molecule has 1 aliphatic carbocycles. The van der Waals surface area contributed by atoms with Crippen LogP contribution in [0.2, 0.25) is 0 Å². The highest BCUT2D eigenvalue weighted by atomic mass is 16.5. The SMILES string of the molecule is CCCC1CCC(CCc2ccc(C3CCC(OC)CC3)cc2)OC1. The van der Waals surface area contributed by atoms with Gasteiger partial charge in [-0.15, -0.1) is 0 Å². The van der Waals surface area contributed by atoms with Crippen molar-refractivity contribution in [3.63, 3.8) is 0 Å². The topological polar surface area (TPSA) is 18.5 Å². The van der Waals surface area contributed by atoms with E-state index in [1.54, 1.807) is 0 Å². The molecule has 0 spiro atoms. The van der Waals surface area contributed by atoms with E-state index < -0.39 is 0 Å². The second-order valence-electron chi connectivity index (χ2n) is 8.18. The quantitative estimate of drug-likeness (QED) is 0.614. The number of ether oxygens (including phenoxy) is 2. The van der Waals surface area contributed by atoms with Gasteiger partial charge in [0, 0.05) is 13.7 Å². The molecule has 1 aromatic carbocycles. The zero-order chi connectivity index (χ0) is 17.5. The van der Waals surface area contributed by atoms with E-state index in [0.29, 0.717) is 12.2 Å². The Kier molecular flexibility index (Phi) is 7.36. The molecule has 1 aromatic rings. The smallest absolute Gasteiger partial charge is 0.0578 e. The summed E-state index contributed by atoms with van der Waals surface area (Å²) in [6.45, 7) is 3.26. The Morgan fingerprint density at radius 1 is 0.960 bits per heavy atom. The van der Waals surface area contributed by atoms with Crippen LogP contribution in [0.1, 0.15) is 81.8 Å². The molecular formula is C23H36O2. The lowest BCUT2D eigenvalue weighted by atomic mass is 9.82. The van der Waals surface area contributed by atoms with Crippen LogP contribution in [0.25, 0.3) is 0 Å². The first kappa shape index (κ1) is 18.9. The second-order valence-corrected chi connectivity index (χ2v) is 8.18. The predicted molar refractivity (Wildman–Crippen MR) is 104 cm³/mol. The van der Waals surface area contributed by atoms with Crippen LogP contribution in [-0.2, 0) is 15.9 Å². The van der Waals surface area contributed by atoms with Crippen LogP contribution in [-0.4, -0.2) is 25.9 Å². The molecule has 2 unspecified atom stereocenters. The third kappa shape index (κ3) is 5.56. The van der Waals surface area contributed by atoms with Crippen molar-refractivity contribution in [2.45, 2.75) is 89.3 Å². The highest BCUT2D eigenvalue weighted by Crippen LogP contribution is 2.34. The van der Waals surface area contributed by atoms with Gasteiger partial charge in [0.2, 0.25) is 0 Å². The summed E-state index contributed by atoms with van der Waals surface area (Å²) in [5.41, 5.74) is 2.99. The zero-order valence-corrected chi connectivity index (χ0v) is 16.2. The van der Waals surface area contributed by atoms with Gasteiger partial charge in [-0.1, -0.05) is 37.6 Å². The molecule has 2 aliphatic rings. The summed E-state index contributed by atoms with van der Waals surface area (Å²) in [7, 11) is 1.85. The van der Waals surface area contributed by atoms with Crippen LogP contribution < -0.4 is 0 Å². The lowest BCUT2D eigenvalue weighted by Gasteiger charge is -2.29. The van der Waals surface area contributed by atoms with E-state index >= 15 is 0 Å². The van der Waals surface area contributed by atoms with Crippen molar-refractivity contribution in [3.8, 4) is 0 Å². The van der Waals surface area contributed by atoms with Crippen LogP contribution in [0.5, 0.6) is 0 Å². The lowest BCUT2D eigenvalue weighted by Crippen LogP contribution is -2.26. The van der Waals surface area contributed by atoms with Crippen LogP contribution in [0, 0.1) is 5.92 Å². The summed E-state index contributed by atoms with van der Waals surface area (Å²) in [6, 6.07) is 9.43. The Bertz CT molecular complexity index is 479. The Balaban J connectivity index is 1.41. The summed E-state index contributed by atoms with van der Waals surface area (Å²) in [6.07, 6.45) is 13.5. The number of aryl methyl sites for hydroxylation is 1. The number of benzene rings is 1. The van der Waals surface area contributed by atoms with E-state index in [4.69, 9.17) is 9.47 Å². The molecule has 2 fully saturated rings. The van der Waals surface area contributed by atoms with Gasteiger partial charge in [0.15, 0.2) is 0 Å². The van der Waals surface area contributed by atoms with Crippen molar-refractivity contribution in [3.05, 3.63) is 35.4 Å². The molecule has 25 heavy (non-hydrogen) atoms. The first-order valence-electron chi connectivity index (χ1n) is 10.5. The Labute approximate surface area is 154 Å². The van der Waals surface area contributed by atoms with Crippen molar-refractivity contribution in [1.29, 1.82) is 0 Å². The van der Waals surface area contributed by atoms with Gasteiger partial charge in [-0.3, -0.25) is 0 Å². The molecule has 1 saturated carbocycles. The van der Waals surface area contributed by atoms with Crippen molar-refractivity contribution in [1.82, 2.24) is 0 Å². The van der Waals surface area contributed by atoms with Gasteiger partial charge in [0.25, 0.3) is 0 Å². The highest BCUT2D eigenvalue weighted by Gasteiger charge is 2.22. The summed E-state index contributed by atoms with van der Waals surface area (Å²) in [4.78, 5) is 0. The van der Waals surface area contributed by atoms with Crippen molar-refractivity contribution in [2.24, 2.45) is 5.92 Å². The van der Waals surface area contributed by atoms with Crippen molar-refractivity contribution in [2.75, 3.05) is 13.7 Å². The summed E-state index contributed by atoms with van der Waals surface area (Å²) in [5.74, 6) is 1.55. The van der Waals surface area contributed by atoms with E-state index in [1.807, 2.05) is 7.11 Å². The maximum Gasteiger partial charge on any atom is 0.0578 e. The van der Waals surface area contributed by atoms with Gasteiger partial charge < -0.3 is 9.47 Å². The molecule has 0 bridgehead atoms. The summed E-state index contributed by atoms with van der Waals surface area (Å²) >= 11 is 0. The fraction of sp³-hybridized carbons (Fsp3) is 0.739. The van der Waals surface area contributed by atoms with Gasteiger partial charge >= 0.3 is 0 Å². The average molecular weight is 345 g/mol. The standard InChI is InChI=1S/C23H36O2/c1-3-4-19-8-14-23(25-17-19)13-7-18-5-9-20(10-6-18)21-11-15-22(24-2)16-12-21/h5-6,9-10,19,21-23H,3-4,7-8,11-17H2,1-2H3. The zero-order valence-electron chi connectivity index (χ0n) is 16.2. The molecule has 0 amide bonds. The molecule has 0 radical (unpaired) electrons. The molecule has 2 atom stereocenters. The first-order valence-corrected chi connectivity index (χ1v) is 10.5. The average Bonchev–Trinajstić information content (AvgIpc) is 2.68. The third-order valence-electron chi connectivity index (χ3n) is 6.38. The van der Waals surface area contributed by atoms with Gasteiger partial charge in [0.05, 0.1) is 12.2 Å². The predicted octanol–water partition coefficient (Wildman–Crippen LogP) is 5.89. The number of hydrogen-bond donors (Lipinski definition) is 0. The van der Waals surface area contributed by atoms with E-state index in [-0.39, 0.29) is 0 Å². The van der Waals surface area contributed by atoms with Crippen LogP contribution in [0.15, 0.2) is 24.3 Å². The number of methoxy groups -OCH3 is 1. The lowest BCUT2D eigenvalue weighted by molar-refractivity contribution is -0.0215. The first-order chi connectivity index (χ1) is 12.3.